The van der Waals surface area contributed by atoms with E-state index in [0.29, 0.717) is 44.0 Å². The van der Waals surface area contributed by atoms with Gasteiger partial charge < -0.3 is 19.7 Å². The van der Waals surface area contributed by atoms with Crippen LogP contribution in [0.1, 0.15) is 10.4 Å². The van der Waals surface area contributed by atoms with Crippen molar-refractivity contribution in [2.24, 2.45) is 0 Å². The third-order valence-corrected chi connectivity index (χ3v) is 5.24. The minimum absolute atomic E-state index is 0.00448. The third-order valence-electron chi connectivity index (χ3n) is 5.24. The van der Waals surface area contributed by atoms with Crippen LogP contribution in [-0.2, 0) is 9.53 Å². The Morgan fingerprint density at radius 3 is 2.29 bits per heavy atom. The van der Waals surface area contributed by atoms with Gasteiger partial charge in [-0.25, -0.2) is 23.2 Å². The fraction of sp³-hybridized carbons (Fsp3) is 0.286. The number of piperazine rings is 1. The fourth-order valence-corrected chi connectivity index (χ4v) is 3.62. The van der Waals surface area contributed by atoms with Crippen molar-refractivity contribution in [3.8, 4) is 11.5 Å². The third kappa shape index (κ3) is 4.64. The molecule has 8 nitrogen and oxygen atoms in total. The van der Waals surface area contributed by atoms with Crippen LogP contribution in [-0.4, -0.2) is 61.3 Å². The summed E-state index contributed by atoms with van der Waals surface area (Å²) >= 11 is 0. The molecule has 180 valence electrons. The van der Waals surface area contributed by atoms with E-state index < -0.39 is 41.1 Å². The molecule has 2 amide bonds. The zero-order chi connectivity index (χ0) is 24.6. The van der Waals surface area contributed by atoms with Crippen molar-refractivity contribution >= 4 is 23.7 Å². The average molecular weight is 485 g/mol. The van der Waals surface area contributed by atoms with Gasteiger partial charge in [0, 0.05) is 31.9 Å². The monoisotopic (exact) mass is 485 g/mol. The van der Waals surface area contributed by atoms with Crippen LogP contribution in [0.3, 0.4) is 0 Å². The van der Waals surface area contributed by atoms with Gasteiger partial charge in [-0.05, 0) is 36.4 Å². The molecule has 0 saturated carbocycles. The fourth-order valence-electron chi connectivity index (χ4n) is 3.62. The minimum Gasteiger partial charge on any atom is -0.451 e. The molecule has 1 atom stereocenters. The summed E-state index contributed by atoms with van der Waals surface area (Å²) in [6.07, 6.45) is -5.45. The van der Waals surface area contributed by atoms with Gasteiger partial charge in [-0.3, -0.25) is 4.90 Å². The normalized spacial score (nSPS) is 18.0. The van der Waals surface area contributed by atoms with E-state index in [1.807, 2.05) is 0 Å². The van der Waals surface area contributed by atoms with Gasteiger partial charge in [-0.15, -0.1) is 0 Å². The number of carbonyl (C=O) groups is 3. The van der Waals surface area contributed by atoms with E-state index >= 15 is 0 Å². The van der Waals surface area contributed by atoms with E-state index in [2.05, 4.69) is 10.1 Å². The highest BCUT2D eigenvalue weighted by atomic mass is 19.4. The lowest BCUT2D eigenvalue weighted by molar-refractivity contribution is -0.193. The quantitative estimate of drug-likeness (QED) is 0.407. The molecule has 0 aliphatic carbocycles. The summed E-state index contributed by atoms with van der Waals surface area (Å²) in [5, 5.41) is 3.22. The standard InChI is InChI=1S/C21H16F5N3O5/c22-15-7-11(18(30)34-19(31)21(24,25)26)8-16(23)17(15)33-14-3-1-12(2-4-14)29-10-13-9-27-5-6-28(13)20(29)32/h1-4,7-8,13,27H,5-6,9-10H2/t13-/m0/s1. The Balaban J connectivity index is 1.46. The summed E-state index contributed by atoms with van der Waals surface area (Å²) in [6, 6.07) is 6.47. The molecule has 0 bridgehead atoms. The number of carbonyl (C=O) groups excluding carboxylic acids is 3. The van der Waals surface area contributed by atoms with Gasteiger partial charge in [0.1, 0.15) is 5.75 Å². The van der Waals surface area contributed by atoms with Crippen LogP contribution < -0.4 is 15.0 Å². The molecule has 34 heavy (non-hydrogen) atoms. The number of alkyl halides is 3. The number of urea groups is 1. The number of ether oxygens (including phenoxy) is 2. The number of rotatable bonds is 4. The maximum Gasteiger partial charge on any atom is 0.491 e. The van der Waals surface area contributed by atoms with E-state index in [9.17, 15) is 36.3 Å². The van der Waals surface area contributed by atoms with E-state index in [-0.39, 0.29) is 17.8 Å². The first-order chi connectivity index (χ1) is 16.0. The molecule has 2 saturated heterocycles. The Kier molecular flexibility index (Phi) is 6.13. The molecule has 1 N–H and O–H groups in total. The number of hydrogen-bond acceptors (Lipinski definition) is 6. The van der Waals surface area contributed by atoms with Gasteiger partial charge in [0.05, 0.1) is 11.6 Å². The first kappa shape index (κ1) is 23.4. The highest BCUT2D eigenvalue weighted by Crippen LogP contribution is 2.32. The number of amides is 2. The van der Waals surface area contributed by atoms with Crippen LogP contribution in [0.2, 0.25) is 0 Å². The molecule has 4 rings (SSSR count). The Labute approximate surface area is 188 Å². The predicted molar refractivity (Wildman–Crippen MR) is 105 cm³/mol. The summed E-state index contributed by atoms with van der Waals surface area (Å²) in [6.45, 7) is 2.45. The molecule has 0 unspecified atom stereocenters. The lowest BCUT2D eigenvalue weighted by Crippen LogP contribution is -2.49. The summed E-state index contributed by atoms with van der Waals surface area (Å²) in [5.41, 5.74) is -0.395. The number of hydrogen-bond donors (Lipinski definition) is 1. The van der Waals surface area contributed by atoms with Crippen LogP contribution >= 0.6 is 0 Å². The van der Waals surface area contributed by atoms with Gasteiger partial charge in [0.25, 0.3) is 0 Å². The first-order valence-electron chi connectivity index (χ1n) is 9.93. The largest absolute Gasteiger partial charge is 0.491 e. The number of halogens is 5. The van der Waals surface area contributed by atoms with Crippen molar-refractivity contribution in [3.05, 3.63) is 53.6 Å². The molecule has 13 heteroatoms. The number of esters is 2. The number of nitrogens with zero attached hydrogens (tertiary/aromatic N) is 2. The van der Waals surface area contributed by atoms with Crippen molar-refractivity contribution in [1.82, 2.24) is 10.2 Å². The molecule has 0 radical (unpaired) electrons. The second kappa shape index (κ2) is 8.89. The van der Waals surface area contributed by atoms with Crippen LogP contribution in [0.5, 0.6) is 11.5 Å². The highest BCUT2D eigenvalue weighted by molar-refractivity contribution is 5.98. The van der Waals surface area contributed by atoms with Crippen LogP contribution in [0.4, 0.5) is 32.4 Å². The van der Waals surface area contributed by atoms with Gasteiger partial charge >= 0.3 is 24.1 Å². The van der Waals surface area contributed by atoms with Crippen molar-refractivity contribution in [2.75, 3.05) is 31.1 Å². The van der Waals surface area contributed by atoms with Gasteiger partial charge in [0.15, 0.2) is 17.4 Å². The predicted octanol–water partition coefficient (Wildman–Crippen LogP) is 3.22. The molecule has 2 fully saturated rings. The minimum atomic E-state index is -5.45. The number of benzene rings is 2. The zero-order valence-electron chi connectivity index (χ0n) is 17.2. The number of fused-ring (bicyclic) bond motifs is 1. The van der Waals surface area contributed by atoms with E-state index in [4.69, 9.17) is 4.74 Å². The van der Waals surface area contributed by atoms with Crippen molar-refractivity contribution in [1.29, 1.82) is 0 Å². The lowest BCUT2D eigenvalue weighted by atomic mass is 10.2. The molecular formula is C21H16F5N3O5. The maximum absolute atomic E-state index is 14.3. The van der Waals surface area contributed by atoms with Gasteiger partial charge in [-0.2, -0.15) is 13.2 Å². The second-order valence-corrected chi connectivity index (χ2v) is 7.48. The summed E-state index contributed by atoms with van der Waals surface area (Å²) in [5.74, 6) is -8.44. The Hall–Kier alpha value is -3.74. The Morgan fingerprint density at radius 2 is 1.71 bits per heavy atom. The van der Waals surface area contributed by atoms with Crippen LogP contribution in [0.25, 0.3) is 0 Å². The maximum atomic E-state index is 14.3. The average Bonchev–Trinajstić information content (AvgIpc) is 3.12. The van der Waals surface area contributed by atoms with Crippen molar-refractivity contribution < 1.29 is 45.8 Å². The smallest absolute Gasteiger partial charge is 0.451 e. The second-order valence-electron chi connectivity index (χ2n) is 7.48. The SMILES string of the molecule is O=C(OC(=O)C(F)(F)F)c1cc(F)c(Oc2ccc(N3C[C@@H]4CNCCN4C3=O)cc2)c(F)c1. The van der Waals surface area contributed by atoms with E-state index in [1.165, 1.54) is 24.3 Å². The summed E-state index contributed by atoms with van der Waals surface area (Å²) in [7, 11) is 0. The van der Waals surface area contributed by atoms with Crippen LogP contribution in [0.15, 0.2) is 36.4 Å². The molecule has 2 aromatic rings. The summed E-state index contributed by atoms with van der Waals surface area (Å²) in [4.78, 5) is 38.3. The Bertz CT molecular complexity index is 1120. The van der Waals surface area contributed by atoms with Gasteiger partial charge in [0.2, 0.25) is 0 Å². The van der Waals surface area contributed by atoms with E-state index in [1.54, 1.807) is 9.80 Å². The highest BCUT2D eigenvalue weighted by Gasteiger charge is 2.43. The molecule has 0 spiro atoms. The molecule has 2 aliphatic heterocycles. The van der Waals surface area contributed by atoms with Crippen molar-refractivity contribution in [3.63, 3.8) is 0 Å². The van der Waals surface area contributed by atoms with Crippen molar-refractivity contribution in [2.45, 2.75) is 12.2 Å². The molecule has 0 aromatic heterocycles. The topological polar surface area (TPSA) is 88.2 Å². The molecule has 2 heterocycles. The number of nitrogens with one attached hydrogen (secondary N) is 1. The molecule has 2 aromatic carbocycles. The number of anilines is 1. The first-order valence-corrected chi connectivity index (χ1v) is 9.93. The van der Waals surface area contributed by atoms with E-state index in [0.717, 1.165) is 0 Å². The lowest BCUT2D eigenvalue weighted by Gasteiger charge is -2.28. The van der Waals surface area contributed by atoms with Gasteiger partial charge in [-0.1, -0.05) is 0 Å². The molecule has 2 aliphatic rings. The van der Waals surface area contributed by atoms with Crippen LogP contribution in [0, 0.1) is 11.6 Å². The summed E-state index contributed by atoms with van der Waals surface area (Å²) < 4.78 is 74.0. The molecular weight excluding hydrogens is 469 g/mol. The Morgan fingerprint density at radius 1 is 1.06 bits per heavy atom. The zero-order valence-corrected chi connectivity index (χ0v) is 17.2.